The standard InChI is InChI=1S/C15H20FN2O2/c1-14(2,3)15(6-5-7-18(15)10-19)12-8-11(16)9-17-13(12)20-4/h8-9H,5-7H2,1-4H3/t15-/m0/s1. The van der Waals surface area contributed by atoms with Gasteiger partial charge < -0.3 is 9.64 Å². The molecule has 1 aliphatic heterocycles. The Balaban J connectivity index is 2.70. The molecule has 109 valence electrons. The molecule has 0 aliphatic carbocycles. The second kappa shape index (κ2) is 5.04. The molecule has 1 aliphatic rings. The molecule has 1 fully saturated rings. The number of methoxy groups -OCH3 is 1. The Morgan fingerprint density at radius 1 is 1.50 bits per heavy atom. The van der Waals surface area contributed by atoms with Crippen LogP contribution in [0.3, 0.4) is 0 Å². The van der Waals surface area contributed by atoms with Gasteiger partial charge in [-0.15, -0.1) is 0 Å². The first-order valence-electron chi connectivity index (χ1n) is 6.72. The molecule has 0 unspecified atom stereocenters. The molecule has 0 spiro atoms. The van der Waals surface area contributed by atoms with Crippen molar-refractivity contribution in [2.75, 3.05) is 13.7 Å². The van der Waals surface area contributed by atoms with Gasteiger partial charge in [0.05, 0.1) is 18.8 Å². The number of rotatable bonds is 3. The first-order valence-corrected chi connectivity index (χ1v) is 6.72. The molecule has 1 radical (unpaired) electrons. The van der Waals surface area contributed by atoms with Gasteiger partial charge in [0.15, 0.2) is 0 Å². The Morgan fingerprint density at radius 3 is 2.75 bits per heavy atom. The Morgan fingerprint density at radius 2 is 2.20 bits per heavy atom. The van der Waals surface area contributed by atoms with E-state index in [1.54, 1.807) is 4.90 Å². The van der Waals surface area contributed by atoms with E-state index in [9.17, 15) is 9.18 Å². The van der Waals surface area contributed by atoms with Crippen LogP contribution in [0.5, 0.6) is 5.88 Å². The van der Waals surface area contributed by atoms with Crippen LogP contribution in [0.4, 0.5) is 4.39 Å². The molecular weight excluding hydrogens is 259 g/mol. The molecule has 1 amide bonds. The summed E-state index contributed by atoms with van der Waals surface area (Å²) < 4.78 is 19.0. The Kier molecular flexibility index (Phi) is 3.71. The predicted molar refractivity (Wildman–Crippen MR) is 73.5 cm³/mol. The van der Waals surface area contributed by atoms with Crippen molar-refractivity contribution < 1.29 is 13.9 Å². The van der Waals surface area contributed by atoms with Crippen LogP contribution in [0.2, 0.25) is 0 Å². The van der Waals surface area contributed by atoms with Crippen LogP contribution in [-0.4, -0.2) is 29.9 Å². The summed E-state index contributed by atoms with van der Waals surface area (Å²) in [6, 6.07) is 1.42. The van der Waals surface area contributed by atoms with Crippen LogP contribution in [0, 0.1) is 11.2 Å². The van der Waals surface area contributed by atoms with Gasteiger partial charge in [-0.25, -0.2) is 9.37 Å². The van der Waals surface area contributed by atoms with E-state index < -0.39 is 11.4 Å². The lowest BCUT2D eigenvalue weighted by Crippen LogP contribution is -2.50. The predicted octanol–water partition coefficient (Wildman–Crippen LogP) is 2.63. The number of aromatic nitrogens is 1. The monoisotopic (exact) mass is 279 g/mol. The molecule has 0 bridgehead atoms. The smallest absolute Gasteiger partial charge is 0.312 e. The highest BCUT2D eigenvalue weighted by atomic mass is 19.1. The fraction of sp³-hybridized carbons (Fsp3) is 0.600. The molecule has 1 aromatic rings. The molecular formula is C15H20FN2O2. The zero-order chi connectivity index (χ0) is 15.0. The highest BCUT2D eigenvalue weighted by Gasteiger charge is 2.52. The molecule has 0 aromatic carbocycles. The lowest BCUT2D eigenvalue weighted by atomic mass is 9.68. The van der Waals surface area contributed by atoms with Crippen LogP contribution < -0.4 is 4.74 Å². The van der Waals surface area contributed by atoms with Crippen molar-refractivity contribution in [1.82, 2.24) is 9.88 Å². The lowest BCUT2D eigenvalue weighted by Gasteiger charge is -2.46. The summed E-state index contributed by atoms with van der Waals surface area (Å²) in [5.74, 6) is -0.0642. The van der Waals surface area contributed by atoms with Crippen LogP contribution in [-0.2, 0) is 10.3 Å². The van der Waals surface area contributed by atoms with Crippen molar-refractivity contribution in [2.24, 2.45) is 5.41 Å². The van der Waals surface area contributed by atoms with Gasteiger partial charge in [0.2, 0.25) is 5.88 Å². The molecule has 1 aromatic heterocycles. The SMILES string of the molecule is COc1ncc(F)cc1[C@]1(C(C)(C)C)CCCN1[C]=O. The fourth-order valence-electron chi connectivity index (χ4n) is 3.29. The van der Waals surface area contributed by atoms with Crippen LogP contribution in [0.25, 0.3) is 0 Å². The maximum absolute atomic E-state index is 13.7. The Bertz CT molecular complexity index is 513. The van der Waals surface area contributed by atoms with Gasteiger partial charge in [-0.1, -0.05) is 20.8 Å². The molecule has 20 heavy (non-hydrogen) atoms. The summed E-state index contributed by atoms with van der Waals surface area (Å²) in [6.07, 6.45) is 4.73. The zero-order valence-corrected chi connectivity index (χ0v) is 12.4. The third-order valence-electron chi connectivity index (χ3n) is 4.19. The second-order valence-electron chi connectivity index (χ2n) is 6.17. The average Bonchev–Trinajstić information content (AvgIpc) is 2.82. The number of pyridine rings is 1. The summed E-state index contributed by atoms with van der Waals surface area (Å²) in [7, 11) is 1.50. The van der Waals surface area contributed by atoms with Gasteiger partial charge in [0, 0.05) is 12.1 Å². The minimum absolute atomic E-state index is 0.288. The number of carbonyl (C=O) groups excluding carboxylic acids is 1. The van der Waals surface area contributed by atoms with Crippen molar-refractivity contribution in [1.29, 1.82) is 0 Å². The first-order chi connectivity index (χ1) is 9.36. The summed E-state index contributed by atoms with van der Waals surface area (Å²) in [4.78, 5) is 17.0. The van der Waals surface area contributed by atoms with Crippen molar-refractivity contribution in [3.8, 4) is 5.88 Å². The zero-order valence-electron chi connectivity index (χ0n) is 12.4. The van der Waals surface area contributed by atoms with Gasteiger partial charge in [0.25, 0.3) is 0 Å². The molecule has 1 atom stereocenters. The number of hydrogen-bond acceptors (Lipinski definition) is 3. The van der Waals surface area contributed by atoms with E-state index in [-0.39, 0.29) is 5.41 Å². The van der Waals surface area contributed by atoms with Crippen molar-refractivity contribution in [3.05, 3.63) is 23.6 Å². The van der Waals surface area contributed by atoms with E-state index in [0.717, 1.165) is 19.0 Å². The second-order valence-corrected chi connectivity index (χ2v) is 6.17. The van der Waals surface area contributed by atoms with Crippen molar-refractivity contribution in [3.63, 3.8) is 0 Å². The molecule has 1 saturated heterocycles. The van der Waals surface area contributed by atoms with Crippen LogP contribution in [0.1, 0.15) is 39.2 Å². The molecule has 4 nitrogen and oxygen atoms in total. The maximum atomic E-state index is 13.7. The number of ether oxygens (including phenoxy) is 1. The third kappa shape index (κ3) is 2.05. The van der Waals surface area contributed by atoms with Crippen molar-refractivity contribution >= 4 is 6.41 Å². The molecule has 5 heteroatoms. The molecule has 2 rings (SSSR count). The van der Waals surface area contributed by atoms with Gasteiger partial charge in [-0.3, -0.25) is 4.79 Å². The van der Waals surface area contributed by atoms with Gasteiger partial charge in [-0.05, 0) is 24.3 Å². The number of nitrogens with zero attached hydrogens (tertiary/aromatic N) is 2. The van der Waals surface area contributed by atoms with Gasteiger partial charge in [0.1, 0.15) is 5.82 Å². The van der Waals surface area contributed by atoms with E-state index in [1.807, 2.05) is 27.2 Å². The molecule has 0 saturated carbocycles. The molecule has 0 N–H and O–H groups in total. The van der Waals surface area contributed by atoms with Gasteiger partial charge in [-0.2, -0.15) is 0 Å². The van der Waals surface area contributed by atoms with Gasteiger partial charge >= 0.3 is 6.41 Å². The number of amides is 1. The average molecular weight is 279 g/mol. The minimum atomic E-state index is -0.644. The van der Waals surface area contributed by atoms with E-state index in [1.165, 1.54) is 13.2 Å². The summed E-state index contributed by atoms with van der Waals surface area (Å²) >= 11 is 0. The third-order valence-corrected chi connectivity index (χ3v) is 4.19. The summed E-state index contributed by atoms with van der Waals surface area (Å²) in [5, 5.41) is 0. The lowest BCUT2D eigenvalue weighted by molar-refractivity contribution is 0.0690. The van der Waals surface area contributed by atoms with E-state index in [2.05, 4.69) is 4.98 Å². The topological polar surface area (TPSA) is 42.4 Å². The fourth-order valence-corrected chi connectivity index (χ4v) is 3.29. The minimum Gasteiger partial charge on any atom is -0.481 e. The van der Waals surface area contributed by atoms with E-state index in [0.29, 0.717) is 18.0 Å². The largest absolute Gasteiger partial charge is 0.481 e. The first kappa shape index (κ1) is 14.8. The van der Waals surface area contributed by atoms with E-state index >= 15 is 0 Å². The number of hydrogen-bond donors (Lipinski definition) is 0. The number of halogens is 1. The highest BCUT2D eigenvalue weighted by Crippen LogP contribution is 2.52. The summed E-state index contributed by atoms with van der Waals surface area (Å²) in [5.41, 5.74) is -0.313. The quantitative estimate of drug-likeness (QED) is 0.854. The highest BCUT2D eigenvalue weighted by molar-refractivity contribution is 5.54. The van der Waals surface area contributed by atoms with Crippen LogP contribution >= 0.6 is 0 Å². The summed E-state index contributed by atoms with van der Waals surface area (Å²) in [6.45, 7) is 6.72. The normalized spacial score (nSPS) is 22.9. The number of likely N-dealkylation sites (tertiary alicyclic amines) is 1. The maximum Gasteiger partial charge on any atom is 0.312 e. The molecule has 2 heterocycles. The van der Waals surface area contributed by atoms with E-state index in [4.69, 9.17) is 4.74 Å². The van der Waals surface area contributed by atoms with Crippen LogP contribution in [0.15, 0.2) is 12.3 Å². The van der Waals surface area contributed by atoms with Crippen molar-refractivity contribution in [2.45, 2.75) is 39.2 Å². The Hall–Kier alpha value is -1.65. The Labute approximate surface area is 118 Å².